The first-order chi connectivity index (χ1) is 11.4. The Balaban J connectivity index is 2.40. The van der Waals surface area contributed by atoms with E-state index in [1.165, 1.54) is 12.1 Å². The lowest BCUT2D eigenvalue weighted by molar-refractivity contribution is -0.274. The molecule has 0 saturated carbocycles. The third kappa shape index (κ3) is 9.24. The van der Waals surface area contributed by atoms with Crippen LogP contribution in [0, 0.1) is 0 Å². The summed E-state index contributed by atoms with van der Waals surface area (Å²) in [6, 6.07) is 5.85. The predicted molar refractivity (Wildman–Crippen MR) is 87.3 cm³/mol. The van der Waals surface area contributed by atoms with E-state index in [9.17, 15) is 13.2 Å². The van der Waals surface area contributed by atoms with Gasteiger partial charge in [-0.25, -0.2) is 0 Å². The summed E-state index contributed by atoms with van der Waals surface area (Å²) in [6.07, 6.45) is -4.01. The van der Waals surface area contributed by atoms with Gasteiger partial charge in [-0.2, -0.15) is 0 Å². The molecule has 1 aromatic carbocycles. The number of aliphatic imine (C=N–C) groups is 1. The fourth-order valence-corrected chi connectivity index (χ4v) is 1.89. The van der Waals surface area contributed by atoms with Crippen molar-refractivity contribution in [3.63, 3.8) is 0 Å². The number of guanidine groups is 1. The van der Waals surface area contributed by atoms with Crippen LogP contribution in [0.15, 0.2) is 29.3 Å². The van der Waals surface area contributed by atoms with Crippen molar-refractivity contribution < 1.29 is 22.6 Å². The molecule has 1 rings (SSSR count). The van der Waals surface area contributed by atoms with E-state index in [4.69, 9.17) is 4.74 Å². The van der Waals surface area contributed by atoms with Crippen molar-refractivity contribution in [1.82, 2.24) is 10.6 Å². The summed E-state index contributed by atoms with van der Waals surface area (Å²) < 4.78 is 45.4. The Morgan fingerprint density at radius 2 is 1.83 bits per heavy atom. The van der Waals surface area contributed by atoms with E-state index >= 15 is 0 Å². The molecule has 0 aliphatic rings. The van der Waals surface area contributed by atoms with Crippen LogP contribution >= 0.6 is 0 Å². The van der Waals surface area contributed by atoms with Crippen LogP contribution in [-0.4, -0.2) is 45.2 Å². The highest BCUT2D eigenvalue weighted by molar-refractivity contribution is 5.79. The zero-order valence-corrected chi connectivity index (χ0v) is 13.9. The molecular weight excluding hydrogens is 323 g/mol. The highest BCUT2D eigenvalue weighted by Crippen LogP contribution is 2.22. The Morgan fingerprint density at radius 1 is 1.12 bits per heavy atom. The van der Waals surface area contributed by atoms with E-state index in [0.717, 1.165) is 12.1 Å². The molecule has 136 valence electrons. The maximum Gasteiger partial charge on any atom is 0.573 e. The fraction of sp³-hybridized carbons (Fsp3) is 0.562. The van der Waals surface area contributed by atoms with Gasteiger partial charge in [-0.1, -0.05) is 12.1 Å². The lowest BCUT2D eigenvalue weighted by Crippen LogP contribution is -2.38. The molecule has 0 unspecified atom stereocenters. The average Bonchev–Trinajstić information content (AvgIpc) is 2.52. The van der Waals surface area contributed by atoms with Crippen LogP contribution in [-0.2, 0) is 11.2 Å². The standard InChI is InChI=1S/C16H24F3N3O2/c1-3-20-15(22-11-12-23-4-2)21-10-9-13-5-7-14(8-6-13)24-16(17,18)19/h5-8H,3-4,9-12H2,1-2H3,(H2,20,21,22). The minimum absolute atomic E-state index is 0.218. The van der Waals surface area contributed by atoms with Crippen LogP contribution in [0.25, 0.3) is 0 Å². The SMILES string of the molecule is CCNC(=NCCOCC)NCCc1ccc(OC(F)(F)F)cc1. The van der Waals surface area contributed by atoms with Gasteiger partial charge in [0.15, 0.2) is 5.96 Å². The van der Waals surface area contributed by atoms with Crippen LogP contribution in [0.4, 0.5) is 13.2 Å². The Hall–Kier alpha value is -1.96. The van der Waals surface area contributed by atoms with E-state index in [0.29, 0.717) is 38.7 Å². The van der Waals surface area contributed by atoms with Crippen LogP contribution in [0.5, 0.6) is 5.75 Å². The minimum atomic E-state index is -4.66. The maximum absolute atomic E-state index is 12.1. The van der Waals surface area contributed by atoms with Gasteiger partial charge in [-0.05, 0) is 38.0 Å². The molecule has 0 atom stereocenters. The molecule has 0 radical (unpaired) electrons. The quantitative estimate of drug-likeness (QED) is 0.410. The highest BCUT2D eigenvalue weighted by atomic mass is 19.4. The molecule has 24 heavy (non-hydrogen) atoms. The number of halogens is 3. The molecular formula is C16H24F3N3O2. The summed E-state index contributed by atoms with van der Waals surface area (Å²) >= 11 is 0. The van der Waals surface area contributed by atoms with E-state index in [2.05, 4.69) is 20.4 Å². The molecule has 2 N–H and O–H groups in total. The van der Waals surface area contributed by atoms with E-state index in [1.54, 1.807) is 12.1 Å². The zero-order valence-electron chi connectivity index (χ0n) is 13.9. The maximum atomic E-state index is 12.1. The normalized spacial score (nSPS) is 12.1. The summed E-state index contributed by atoms with van der Waals surface area (Å²) in [7, 11) is 0. The van der Waals surface area contributed by atoms with Crippen LogP contribution < -0.4 is 15.4 Å². The largest absolute Gasteiger partial charge is 0.573 e. The van der Waals surface area contributed by atoms with Crippen molar-refractivity contribution in [2.75, 3.05) is 32.8 Å². The van der Waals surface area contributed by atoms with Crippen molar-refractivity contribution in [1.29, 1.82) is 0 Å². The van der Waals surface area contributed by atoms with Gasteiger partial charge in [-0.3, -0.25) is 4.99 Å². The number of alkyl halides is 3. The molecule has 0 amide bonds. The Labute approximate surface area is 140 Å². The Bertz CT molecular complexity index is 490. The lowest BCUT2D eigenvalue weighted by atomic mass is 10.1. The highest BCUT2D eigenvalue weighted by Gasteiger charge is 2.30. The van der Waals surface area contributed by atoms with Gasteiger partial charge in [0.2, 0.25) is 0 Å². The second kappa shape index (κ2) is 10.7. The monoisotopic (exact) mass is 347 g/mol. The predicted octanol–water partition coefficient (Wildman–Crippen LogP) is 2.72. The van der Waals surface area contributed by atoms with Crippen LogP contribution in [0.1, 0.15) is 19.4 Å². The van der Waals surface area contributed by atoms with E-state index < -0.39 is 6.36 Å². The number of rotatable bonds is 9. The van der Waals surface area contributed by atoms with E-state index in [1.807, 2.05) is 13.8 Å². The summed E-state index contributed by atoms with van der Waals surface area (Å²) in [6.45, 7) is 7.04. The molecule has 0 aliphatic carbocycles. The molecule has 0 heterocycles. The number of hydrogen-bond donors (Lipinski definition) is 2. The minimum Gasteiger partial charge on any atom is -0.406 e. The molecule has 0 aromatic heterocycles. The molecule has 1 aromatic rings. The van der Waals surface area contributed by atoms with Crippen LogP contribution in [0.3, 0.4) is 0 Å². The lowest BCUT2D eigenvalue weighted by Gasteiger charge is -2.12. The molecule has 0 saturated heterocycles. The first-order valence-electron chi connectivity index (χ1n) is 7.89. The molecule has 0 spiro atoms. The van der Waals surface area contributed by atoms with Gasteiger partial charge in [0.05, 0.1) is 13.2 Å². The third-order valence-electron chi connectivity index (χ3n) is 2.92. The molecule has 0 bridgehead atoms. The third-order valence-corrected chi connectivity index (χ3v) is 2.92. The fourth-order valence-electron chi connectivity index (χ4n) is 1.89. The Kier molecular flexibility index (Phi) is 8.99. The van der Waals surface area contributed by atoms with Gasteiger partial charge in [-0.15, -0.1) is 13.2 Å². The number of ether oxygens (including phenoxy) is 2. The van der Waals surface area contributed by atoms with E-state index in [-0.39, 0.29) is 5.75 Å². The van der Waals surface area contributed by atoms with Gasteiger partial charge in [0, 0.05) is 19.7 Å². The average molecular weight is 347 g/mol. The smallest absolute Gasteiger partial charge is 0.406 e. The topological polar surface area (TPSA) is 54.9 Å². The second-order valence-corrected chi connectivity index (χ2v) is 4.83. The molecule has 0 fully saturated rings. The zero-order chi connectivity index (χ0) is 17.8. The molecule has 5 nitrogen and oxygen atoms in total. The summed E-state index contributed by atoms with van der Waals surface area (Å²) in [5, 5.41) is 6.29. The van der Waals surface area contributed by atoms with Gasteiger partial charge >= 0.3 is 6.36 Å². The van der Waals surface area contributed by atoms with Crippen molar-refractivity contribution >= 4 is 5.96 Å². The first kappa shape index (κ1) is 20.1. The van der Waals surface area contributed by atoms with Gasteiger partial charge in [0.1, 0.15) is 5.75 Å². The number of nitrogens with zero attached hydrogens (tertiary/aromatic N) is 1. The molecule has 0 aliphatic heterocycles. The van der Waals surface area contributed by atoms with Crippen molar-refractivity contribution in [3.05, 3.63) is 29.8 Å². The number of benzene rings is 1. The number of hydrogen-bond acceptors (Lipinski definition) is 3. The Morgan fingerprint density at radius 3 is 2.42 bits per heavy atom. The summed E-state index contributed by atoms with van der Waals surface area (Å²) in [4.78, 5) is 4.36. The van der Waals surface area contributed by atoms with Gasteiger partial charge < -0.3 is 20.1 Å². The number of nitrogens with one attached hydrogen (secondary N) is 2. The molecule has 8 heteroatoms. The summed E-state index contributed by atoms with van der Waals surface area (Å²) in [5.41, 5.74) is 0.905. The first-order valence-corrected chi connectivity index (χ1v) is 7.89. The van der Waals surface area contributed by atoms with Crippen LogP contribution in [0.2, 0.25) is 0 Å². The summed E-state index contributed by atoms with van der Waals surface area (Å²) in [5.74, 6) is 0.472. The van der Waals surface area contributed by atoms with Crippen molar-refractivity contribution in [3.8, 4) is 5.75 Å². The van der Waals surface area contributed by atoms with Crippen molar-refractivity contribution in [2.45, 2.75) is 26.6 Å². The second-order valence-electron chi connectivity index (χ2n) is 4.83. The van der Waals surface area contributed by atoms with Crippen molar-refractivity contribution in [2.24, 2.45) is 4.99 Å². The van der Waals surface area contributed by atoms with Gasteiger partial charge in [0.25, 0.3) is 0 Å².